The molecular formula is C27H34N4O2. The molecule has 2 aromatic rings. The number of esters is 1. The number of carbonyl (C=O) groups is 1. The first-order valence-corrected chi connectivity index (χ1v) is 12.3. The van der Waals surface area contributed by atoms with Crippen molar-refractivity contribution in [3.05, 3.63) is 42.0 Å². The lowest BCUT2D eigenvalue weighted by Gasteiger charge is -2.40. The third-order valence-corrected chi connectivity index (χ3v) is 7.90. The van der Waals surface area contributed by atoms with Gasteiger partial charge in [0.15, 0.2) is 0 Å². The van der Waals surface area contributed by atoms with Crippen molar-refractivity contribution >= 4 is 22.4 Å². The van der Waals surface area contributed by atoms with Crippen molar-refractivity contribution < 1.29 is 9.53 Å². The maximum atomic E-state index is 12.6. The van der Waals surface area contributed by atoms with Crippen LogP contribution in [0.3, 0.4) is 0 Å². The summed E-state index contributed by atoms with van der Waals surface area (Å²) in [6, 6.07) is 15.9. The first-order valence-electron chi connectivity index (χ1n) is 12.3. The molecule has 174 valence electrons. The number of ether oxygens (including phenoxy) is 1. The number of carbonyl (C=O) groups excluding carboxylic acids is 1. The van der Waals surface area contributed by atoms with E-state index in [0.29, 0.717) is 24.5 Å². The second-order valence-electron chi connectivity index (χ2n) is 10.1. The van der Waals surface area contributed by atoms with E-state index in [2.05, 4.69) is 47.0 Å². The van der Waals surface area contributed by atoms with E-state index in [9.17, 15) is 10.1 Å². The quantitative estimate of drug-likeness (QED) is 0.630. The molecule has 0 N–H and O–H groups in total. The Morgan fingerprint density at radius 2 is 1.82 bits per heavy atom. The van der Waals surface area contributed by atoms with Crippen LogP contribution in [-0.4, -0.2) is 73.7 Å². The molecule has 2 bridgehead atoms. The molecule has 5 rings (SSSR count). The zero-order valence-corrected chi connectivity index (χ0v) is 19.7. The van der Waals surface area contributed by atoms with Crippen molar-refractivity contribution in [2.45, 2.75) is 62.8 Å². The van der Waals surface area contributed by atoms with E-state index in [1.54, 1.807) is 0 Å². The van der Waals surface area contributed by atoms with Crippen LogP contribution >= 0.6 is 0 Å². The summed E-state index contributed by atoms with van der Waals surface area (Å²) in [6.07, 6.45) is 5.72. The molecule has 33 heavy (non-hydrogen) atoms. The van der Waals surface area contributed by atoms with Crippen LogP contribution in [0.15, 0.2) is 36.4 Å². The fourth-order valence-electron chi connectivity index (χ4n) is 6.15. The molecule has 3 heterocycles. The molecule has 3 aliphatic heterocycles. The molecule has 0 saturated carbocycles. The number of fused-ring (bicyclic) bond motifs is 3. The molecule has 2 aromatic carbocycles. The van der Waals surface area contributed by atoms with Crippen molar-refractivity contribution in [1.29, 1.82) is 5.26 Å². The summed E-state index contributed by atoms with van der Waals surface area (Å²) in [6.45, 7) is 2.91. The number of rotatable bonds is 6. The average Bonchev–Trinajstić information content (AvgIpc) is 3.39. The molecule has 6 heteroatoms. The number of benzene rings is 2. The number of nitriles is 1. The summed E-state index contributed by atoms with van der Waals surface area (Å²) in [5, 5.41) is 11.7. The van der Waals surface area contributed by atoms with E-state index in [-0.39, 0.29) is 12.1 Å². The van der Waals surface area contributed by atoms with Crippen molar-refractivity contribution in [3.8, 4) is 6.07 Å². The van der Waals surface area contributed by atoms with Crippen LogP contribution in [0.1, 0.15) is 44.1 Å². The SMILES string of the molecule is CN(C)C1CCN(CCC(=O)OC2C[C@H]3CC[C@@H](C2)N3c2ccc(C#N)c3ccccc23)C1. The Morgan fingerprint density at radius 1 is 1.09 bits per heavy atom. The van der Waals surface area contributed by atoms with Crippen LogP contribution in [0.25, 0.3) is 10.8 Å². The fraction of sp³-hybridized carbons (Fsp3) is 0.556. The van der Waals surface area contributed by atoms with Gasteiger partial charge >= 0.3 is 5.97 Å². The van der Waals surface area contributed by atoms with Crippen LogP contribution in [0, 0.1) is 11.3 Å². The monoisotopic (exact) mass is 446 g/mol. The molecule has 3 saturated heterocycles. The van der Waals surface area contributed by atoms with E-state index in [0.717, 1.165) is 61.7 Å². The van der Waals surface area contributed by atoms with E-state index < -0.39 is 0 Å². The van der Waals surface area contributed by atoms with Gasteiger partial charge in [-0.1, -0.05) is 24.3 Å². The smallest absolute Gasteiger partial charge is 0.307 e. The topological polar surface area (TPSA) is 59.8 Å². The van der Waals surface area contributed by atoms with Gasteiger partial charge in [0.05, 0.1) is 18.1 Å². The minimum Gasteiger partial charge on any atom is -0.462 e. The van der Waals surface area contributed by atoms with Gasteiger partial charge in [0.2, 0.25) is 0 Å². The summed E-state index contributed by atoms with van der Waals surface area (Å²) in [7, 11) is 4.26. The first-order chi connectivity index (χ1) is 16.0. The third-order valence-electron chi connectivity index (χ3n) is 7.90. The summed E-state index contributed by atoms with van der Waals surface area (Å²) < 4.78 is 5.97. The third kappa shape index (κ3) is 4.45. The Kier molecular flexibility index (Phi) is 6.27. The normalized spacial score (nSPS) is 27.3. The first kappa shape index (κ1) is 22.2. The van der Waals surface area contributed by atoms with Crippen molar-refractivity contribution in [3.63, 3.8) is 0 Å². The maximum absolute atomic E-state index is 12.6. The predicted octanol–water partition coefficient (Wildman–Crippen LogP) is 3.78. The van der Waals surface area contributed by atoms with Gasteiger partial charge in [0.1, 0.15) is 6.10 Å². The molecule has 0 aliphatic carbocycles. The predicted molar refractivity (Wildman–Crippen MR) is 130 cm³/mol. The summed E-state index contributed by atoms with van der Waals surface area (Å²) in [4.78, 5) is 19.8. The summed E-state index contributed by atoms with van der Waals surface area (Å²) in [5.74, 6) is -0.0509. The molecule has 3 fully saturated rings. The van der Waals surface area contributed by atoms with Crippen molar-refractivity contribution in [2.75, 3.05) is 38.6 Å². The number of nitrogens with zero attached hydrogens (tertiary/aromatic N) is 4. The number of hydrogen-bond donors (Lipinski definition) is 0. The van der Waals surface area contributed by atoms with Crippen LogP contribution in [0.4, 0.5) is 5.69 Å². The standard InChI is InChI=1S/C27H34N4O2/c1-29(2)22-11-13-30(18-22)14-12-27(32)33-23-15-20-8-9-21(16-23)31(20)26-10-7-19(17-28)24-5-3-4-6-25(24)26/h3-7,10,20-23H,8-9,11-16,18H2,1-2H3/t20-,21+,22?,23?. The zero-order valence-electron chi connectivity index (χ0n) is 19.7. The summed E-state index contributed by atoms with van der Waals surface area (Å²) in [5.41, 5.74) is 1.94. The van der Waals surface area contributed by atoms with Crippen LogP contribution in [-0.2, 0) is 9.53 Å². The van der Waals surface area contributed by atoms with Crippen molar-refractivity contribution in [2.24, 2.45) is 0 Å². The largest absolute Gasteiger partial charge is 0.462 e. The molecule has 6 nitrogen and oxygen atoms in total. The van der Waals surface area contributed by atoms with Gasteiger partial charge in [-0.2, -0.15) is 5.26 Å². The van der Waals surface area contributed by atoms with Gasteiger partial charge in [-0.15, -0.1) is 0 Å². The van der Waals surface area contributed by atoms with Gasteiger partial charge in [-0.3, -0.25) is 4.79 Å². The van der Waals surface area contributed by atoms with Crippen LogP contribution in [0.2, 0.25) is 0 Å². The van der Waals surface area contributed by atoms with Gasteiger partial charge in [-0.25, -0.2) is 0 Å². The lowest BCUT2D eigenvalue weighted by Crippen LogP contribution is -2.46. The Labute approximate surface area is 196 Å². The Bertz CT molecular complexity index is 1050. The fourth-order valence-corrected chi connectivity index (χ4v) is 6.15. The highest BCUT2D eigenvalue weighted by Crippen LogP contribution is 2.43. The minimum atomic E-state index is -0.0509. The number of hydrogen-bond acceptors (Lipinski definition) is 6. The summed E-state index contributed by atoms with van der Waals surface area (Å²) >= 11 is 0. The Morgan fingerprint density at radius 3 is 2.48 bits per heavy atom. The molecule has 3 aliphatic rings. The second kappa shape index (κ2) is 9.32. The minimum absolute atomic E-state index is 0.0176. The van der Waals surface area contributed by atoms with Gasteiger partial charge < -0.3 is 19.4 Å². The number of likely N-dealkylation sites (tertiary alicyclic amines) is 1. The number of likely N-dealkylation sites (N-methyl/N-ethyl adjacent to an activating group) is 1. The number of anilines is 1. The van der Waals surface area contributed by atoms with Crippen molar-refractivity contribution in [1.82, 2.24) is 9.80 Å². The maximum Gasteiger partial charge on any atom is 0.307 e. The zero-order chi connectivity index (χ0) is 22.9. The van der Waals surface area contributed by atoms with E-state index in [4.69, 9.17) is 4.74 Å². The van der Waals surface area contributed by atoms with Crippen LogP contribution in [0.5, 0.6) is 0 Å². The highest BCUT2D eigenvalue weighted by Gasteiger charge is 2.42. The molecule has 0 radical (unpaired) electrons. The molecule has 2 unspecified atom stereocenters. The lowest BCUT2D eigenvalue weighted by atomic mass is 9.96. The van der Waals surface area contributed by atoms with E-state index >= 15 is 0 Å². The molecule has 0 spiro atoms. The highest BCUT2D eigenvalue weighted by atomic mass is 16.5. The van der Waals surface area contributed by atoms with E-state index in [1.807, 2.05) is 24.3 Å². The second-order valence-corrected chi connectivity index (χ2v) is 10.1. The Hall–Kier alpha value is -2.62. The number of piperidine rings is 1. The lowest BCUT2D eigenvalue weighted by molar-refractivity contribution is -0.150. The van der Waals surface area contributed by atoms with Gasteiger partial charge in [0, 0.05) is 60.5 Å². The van der Waals surface area contributed by atoms with Crippen LogP contribution < -0.4 is 4.90 Å². The molecule has 0 aromatic heterocycles. The molecule has 4 atom stereocenters. The highest BCUT2D eigenvalue weighted by molar-refractivity contribution is 5.98. The molecular weight excluding hydrogens is 412 g/mol. The average molecular weight is 447 g/mol. The Balaban J connectivity index is 1.21. The van der Waals surface area contributed by atoms with Gasteiger partial charge in [-0.05, 0) is 52.0 Å². The van der Waals surface area contributed by atoms with Gasteiger partial charge in [0.25, 0.3) is 0 Å². The van der Waals surface area contributed by atoms with E-state index in [1.165, 1.54) is 12.1 Å². The molecule has 0 amide bonds.